The number of nitrogens with one attached hydrogen (secondary N) is 2. The maximum Gasteiger partial charge on any atom is 0.354 e. The Labute approximate surface area is 254 Å². The number of nitrogens with zero attached hydrogens (tertiary/aromatic N) is 4. The van der Waals surface area contributed by atoms with Gasteiger partial charge in [0.25, 0.3) is 5.91 Å². The van der Waals surface area contributed by atoms with Crippen LogP contribution < -0.4 is 19.8 Å². The van der Waals surface area contributed by atoms with E-state index in [-0.39, 0.29) is 45.3 Å². The zero-order valence-electron chi connectivity index (χ0n) is 21.4. The minimum Gasteiger partial charge on any atom is -0.378 e. The smallest absolute Gasteiger partial charge is 0.354 e. The third kappa shape index (κ3) is 6.64. The number of carbonyl (C=O) groups excluding carboxylic acids is 2. The highest BCUT2D eigenvalue weighted by Crippen LogP contribution is 2.36. The third-order valence-electron chi connectivity index (χ3n) is 6.52. The first-order chi connectivity index (χ1) is 19.5. The Morgan fingerprint density at radius 1 is 1.15 bits per heavy atom. The lowest BCUT2D eigenvalue weighted by Gasteiger charge is -2.23. The van der Waals surface area contributed by atoms with Gasteiger partial charge >= 0.3 is 10.1 Å². The van der Waals surface area contributed by atoms with Crippen LogP contribution in [-0.2, 0) is 14.9 Å². The van der Waals surface area contributed by atoms with Crippen LogP contribution in [0.4, 0.5) is 11.5 Å². The molecule has 11 nitrogen and oxygen atoms in total. The Morgan fingerprint density at radius 3 is 2.56 bits per heavy atom. The van der Waals surface area contributed by atoms with E-state index in [0.29, 0.717) is 10.4 Å². The molecule has 1 saturated carbocycles. The molecule has 0 spiro atoms. The van der Waals surface area contributed by atoms with Gasteiger partial charge in [-0.25, -0.2) is 9.99 Å². The van der Waals surface area contributed by atoms with Gasteiger partial charge in [0.2, 0.25) is 5.91 Å². The standard InChI is InChI=1S/C26H23BrCl2N6O5S/c1-14(15-4-5-15)32-25(36)18-11-16(28)12-19(27)23(18)33-26(37)21-13-22(34-35(21)24-20(29)3-2-8-31-24)41(38,39)40-17-6-9-30-10-7-17/h2-3,6-12,14-15,21H,4-5,13H2,1H3,(H,32,36)(H,33,37). The van der Waals surface area contributed by atoms with Crippen molar-refractivity contribution in [3.8, 4) is 5.75 Å². The zero-order chi connectivity index (χ0) is 29.3. The summed E-state index contributed by atoms with van der Waals surface area (Å²) in [5.74, 6) is -0.586. The molecule has 2 atom stereocenters. The molecule has 3 heterocycles. The van der Waals surface area contributed by atoms with Gasteiger partial charge in [-0.05, 0) is 65.9 Å². The predicted molar refractivity (Wildman–Crippen MR) is 159 cm³/mol. The normalized spacial score (nSPS) is 17.5. The summed E-state index contributed by atoms with van der Waals surface area (Å²) < 4.78 is 31.8. The summed E-state index contributed by atoms with van der Waals surface area (Å²) in [5.41, 5.74) is 0.303. The minimum atomic E-state index is -4.42. The van der Waals surface area contributed by atoms with Gasteiger partial charge in [-0.15, -0.1) is 0 Å². The Balaban J connectivity index is 1.45. The van der Waals surface area contributed by atoms with Gasteiger partial charge in [0, 0.05) is 52.7 Å². The van der Waals surface area contributed by atoms with Crippen LogP contribution >= 0.6 is 39.1 Å². The second-order valence-electron chi connectivity index (χ2n) is 9.49. The lowest BCUT2D eigenvalue weighted by atomic mass is 10.1. The Morgan fingerprint density at radius 2 is 1.88 bits per heavy atom. The number of hydrogen-bond acceptors (Lipinski definition) is 9. The zero-order valence-corrected chi connectivity index (χ0v) is 25.3. The van der Waals surface area contributed by atoms with Crippen molar-refractivity contribution < 1.29 is 22.2 Å². The fraction of sp³-hybridized carbons (Fsp3) is 0.269. The van der Waals surface area contributed by atoms with Crippen LogP contribution in [0.2, 0.25) is 10.0 Å². The van der Waals surface area contributed by atoms with Crippen molar-refractivity contribution in [2.24, 2.45) is 11.0 Å². The van der Waals surface area contributed by atoms with Crippen molar-refractivity contribution in [1.82, 2.24) is 15.3 Å². The molecule has 2 aromatic heterocycles. The predicted octanol–water partition coefficient (Wildman–Crippen LogP) is 5.01. The largest absolute Gasteiger partial charge is 0.378 e. The third-order valence-corrected chi connectivity index (χ3v) is 8.90. The number of anilines is 2. The van der Waals surface area contributed by atoms with Gasteiger partial charge in [-0.1, -0.05) is 23.2 Å². The lowest BCUT2D eigenvalue weighted by Crippen LogP contribution is -2.40. The molecule has 1 fully saturated rings. The quantitative estimate of drug-likeness (QED) is 0.316. The molecule has 1 aromatic carbocycles. The molecule has 0 bridgehead atoms. The van der Waals surface area contributed by atoms with Crippen LogP contribution in [0.3, 0.4) is 0 Å². The molecule has 41 heavy (non-hydrogen) atoms. The molecule has 15 heteroatoms. The Hall–Kier alpha value is -3.26. The van der Waals surface area contributed by atoms with Crippen molar-refractivity contribution in [3.05, 3.63) is 75.1 Å². The molecule has 2 N–H and O–H groups in total. The fourth-order valence-electron chi connectivity index (χ4n) is 4.23. The van der Waals surface area contributed by atoms with Crippen molar-refractivity contribution >= 4 is 77.6 Å². The lowest BCUT2D eigenvalue weighted by molar-refractivity contribution is -0.117. The van der Waals surface area contributed by atoms with E-state index in [4.69, 9.17) is 27.4 Å². The van der Waals surface area contributed by atoms with Crippen LogP contribution in [0.5, 0.6) is 5.75 Å². The number of hydrazone groups is 1. The van der Waals surface area contributed by atoms with E-state index in [1.165, 1.54) is 48.9 Å². The topological polar surface area (TPSA) is 143 Å². The maximum atomic E-state index is 13.8. The number of pyridine rings is 2. The van der Waals surface area contributed by atoms with E-state index in [2.05, 4.69) is 41.6 Å². The van der Waals surface area contributed by atoms with Crippen LogP contribution in [0.25, 0.3) is 0 Å². The monoisotopic (exact) mass is 680 g/mol. The van der Waals surface area contributed by atoms with Crippen LogP contribution in [0.15, 0.2) is 64.6 Å². The number of hydrogen-bond donors (Lipinski definition) is 2. The number of aromatic nitrogens is 2. The molecule has 2 unspecified atom stereocenters. The molecule has 0 radical (unpaired) electrons. The highest BCUT2D eigenvalue weighted by atomic mass is 79.9. The van der Waals surface area contributed by atoms with Gasteiger partial charge in [0.15, 0.2) is 10.9 Å². The average molecular weight is 682 g/mol. The minimum absolute atomic E-state index is 0.0270. The number of benzene rings is 1. The van der Waals surface area contributed by atoms with Crippen LogP contribution in [-0.4, -0.2) is 47.3 Å². The first-order valence-electron chi connectivity index (χ1n) is 12.5. The summed E-state index contributed by atoms with van der Waals surface area (Å²) >= 11 is 16.0. The van der Waals surface area contributed by atoms with E-state index < -0.39 is 33.0 Å². The van der Waals surface area contributed by atoms with E-state index in [1.54, 1.807) is 6.07 Å². The Bertz CT molecular complexity index is 1640. The highest BCUT2D eigenvalue weighted by Gasteiger charge is 2.41. The molecular weight excluding hydrogens is 659 g/mol. The SMILES string of the molecule is CC(NC(=O)c1cc(Cl)cc(Br)c1NC(=O)C1CC(S(=O)(=O)Oc2ccncc2)=NN1c1ncccc1Cl)C1CC1. The van der Waals surface area contributed by atoms with Gasteiger partial charge in [0.05, 0.1) is 16.3 Å². The van der Waals surface area contributed by atoms with Crippen molar-refractivity contribution in [2.75, 3.05) is 10.3 Å². The number of halogens is 3. The van der Waals surface area contributed by atoms with E-state index in [0.717, 1.165) is 17.9 Å². The van der Waals surface area contributed by atoms with Crippen molar-refractivity contribution in [3.63, 3.8) is 0 Å². The summed E-state index contributed by atoms with van der Waals surface area (Å²) in [6, 6.07) is 7.60. The molecule has 2 amide bonds. The van der Waals surface area contributed by atoms with Gasteiger partial charge in [-0.3, -0.25) is 14.6 Å². The summed E-state index contributed by atoms with van der Waals surface area (Å²) in [7, 11) is -4.42. The number of amides is 2. The van der Waals surface area contributed by atoms with Gasteiger partial charge in [-0.2, -0.15) is 13.5 Å². The number of carbonyl (C=O) groups is 2. The van der Waals surface area contributed by atoms with Gasteiger partial charge in [0.1, 0.15) is 11.8 Å². The second-order valence-corrected chi connectivity index (χ2v) is 12.7. The average Bonchev–Trinajstić information content (AvgIpc) is 3.68. The molecule has 3 aromatic rings. The molecule has 214 valence electrons. The fourth-order valence-corrected chi connectivity index (χ4v) is 6.36. The van der Waals surface area contributed by atoms with Crippen LogP contribution in [0.1, 0.15) is 36.5 Å². The molecule has 2 aliphatic rings. The summed E-state index contributed by atoms with van der Waals surface area (Å²) in [5, 5.41) is 11.0. The molecule has 5 rings (SSSR count). The first-order valence-corrected chi connectivity index (χ1v) is 15.4. The van der Waals surface area contributed by atoms with Crippen molar-refractivity contribution in [2.45, 2.75) is 38.3 Å². The van der Waals surface area contributed by atoms with E-state index >= 15 is 0 Å². The van der Waals surface area contributed by atoms with Crippen molar-refractivity contribution in [1.29, 1.82) is 0 Å². The molecule has 1 aliphatic carbocycles. The summed E-state index contributed by atoms with van der Waals surface area (Å²) in [4.78, 5) is 35.0. The summed E-state index contributed by atoms with van der Waals surface area (Å²) in [6.45, 7) is 1.92. The Kier molecular flexibility index (Phi) is 8.50. The van der Waals surface area contributed by atoms with Gasteiger partial charge < -0.3 is 14.8 Å². The maximum absolute atomic E-state index is 13.8. The highest BCUT2D eigenvalue weighted by molar-refractivity contribution is 9.10. The summed E-state index contributed by atoms with van der Waals surface area (Å²) in [6.07, 6.45) is 5.89. The molecule has 0 saturated heterocycles. The number of rotatable bonds is 8. The van der Waals surface area contributed by atoms with E-state index in [9.17, 15) is 18.0 Å². The first kappa shape index (κ1) is 29.2. The van der Waals surface area contributed by atoms with E-state index in [1.807, 2.05) is 6.92 Å². The molecular formula is C26H23BrCl2N6O5S. The second kappa shape index (κ2) is 11.9. The molecule has 1 aliphatic heterocycles. The van der Waals surface area contributed by atoms with Crippen LogP contribution in [0, 0.1) is 5.92 Å².